The van der Waals surface area contributed by atoms with Gasteiger partial charge in [0.2, 0.25) is 0 Å². The van der Waals surface area contributed by atoms with Crippen LogP contribution in [0.2, 0.25) is 0 Å². The Morgan fingerprint density at radius 2 is 1.04 bits per heavy atom. The first-order chi connectivity index (χ1) is 33.2. The number of anilines is 5. The molecule has 5 aliphatic rings. The lowest BCUT2D eigenvalue weighted by atomic mass is 9.42. The van der Waals surface area contributed by atoms with E-state index in [1.165, 1.54) is 78.2 Å². The molecule has 1 spiro atoms. The van der Waals surface area contributed by atoms with Crippen molar-refractivity contribution in [3.63, 3.8) is 0 Å². The molecule has 5 heterocycles. The van der Waals surface area contributed by atoms with Gasteiger partial charge in [0.05, 0.1) is 16.7 Å². The Bertz CT molecular complexity index is 4050. The van der Waals surface area contributed by atoms with Crippen molar-refractivity contribution in [3.05, 3.63) is 209 Å². The highest BCUT2D eigenvalue weighted by Crippen LogP contribution is 2.65. The largest absolute Gasteiger partial charge is 0.455 e. The second-order valence-electron chi connectivity index (χ2n) is 21.3. The highest BCUT2D eigenvalue weighted by atomic mass is 16.3. The maximum absolute atomic E-state index is 7.21. The maximum atomic E-state index is 7.21. The van der Waals surface area contributed by atoms with E-state index in [4.69, 9.17) is 8.83 Å². The predicted octanol–water partition coefficient (Wildman–Crippen LogP) is 15.2. The number of rotatable bonds is 1. The lowest BCUT2D eigenvalue weighted by Crippen LogP contribution is -2.62. The lowest BCUT2D eigenvalue weighted by Gasteiger charge is -2.51. The summed E-state index contributed by atoms with van der Waals surface area (Å²) in [6.07, 6.45) is 2.30. The summed E-state index contributed by atoms with van der Waals surface area (Å²) in [6, 6.07) is 66.3. The zero-order valence-corrected chi connectivity index (χ0v) is 38.4. The van der Waals surface area contributed by atoms with E-state index in [1.807, 2.05) is 0 Å². The van der Waals surface area contributed by atoms with Crippen LogP contribution >= 0.6 is 0 Å². The van der Waals surface area contributed by atoms with Gasteiger partial charge in [-0.1, -0.05) is 155 Å². The Morgan fingerprint density at radius 1 is 0.441 bits per heavy atom. The van der Waals surface area contributed by atoms with Gasteiger partial charge in [0.15, 0.2) is 0 Å². The van der Waals surface area contributed by atoms with Crippen LogP contribution in [-0.4, -0.2) is 6.85 Å². The van der Waals surface area contributed by atoms with Crippen molar-refractivity contribution in [3.8, 4) is 22.3 Å². The molecular formula is C63H45BN2O2. The van der Waals surface area contributed by atoms with Gasteiger partial charge in [0.25, 0.3) is 0 Å². The van der Waals surface area contributed by atoms with Crippen LogP contribution in [-0.2, 0) is 16.2 Å². The van der Waals surface area contributed by atoms with Crippen LogP contribution in [0.15, 0.2) is 185 Å². The second kappa shape index (κ2) is 12.4. The summed E-state index contributed by atoms with van der Waals surface area (Å²) in [5.41, 5.74) is 24.5. The molecule has 68 heavy (non-hydrogen) atoms. The van der Waals surface area contributed by atoms with Gasteiger partial charge in [-0.3, -0.25) is 0 Å². The zero-order chi connectivity index (χ0) is 45.0. The Hall–Kier alpha value is -7.76. The molecule has 2 aromatic heterocycles. The van der Waals surface area contributed by atoms with Gasteiger partial charge in [-0.2, -0.15) is 0 Å². The molecule has 0 bridgehead atoms. The van der Waals surface area contributed by atoms with E-state index in [1.54, 1.807) is 0 Å². The molecule has 0 amide bonds. The van der Waals surface area contributed by atoms with Crippen LogP contribution in [0.25, 0.3) is 66.1 Å². The van der Waals surface area contributed by atoms with E-state index in [2.05, 4.69) is 213 Å². The van der Waals surface area contributed by atoms with Gasteiger partial charge in [-0.25, -0.2) is 0 Å². The van der Waals surface area contributed by atoms with Crippen LogP contribution in [0.4, 0.5) is 28.4 Å². The van der Waals surface area contributed by atoms with E-state index in [-0.39, 0.29) is 17.7 Å². The molecule has 0 fully saturated rings. The van der Waals surface area contributed by atoms with Crippen molar-refractivity contribution in [1.29, 1.82) is 0 Å². The number of hydrogen-bond acceptors (Lipinski definition) is 4. The van der Waals surface area contributed by atoms with E-state index in [0.29, 0.717) is 0 Å². The number of fused-ring (bicyclic) bond motifs is 22. The summed E-state index contributed by atoms with van der Waals surface area (Å²) >= 11 is 0. The molecule has 2 aliphatic carbocycles. The molecule has 0 unspecified atom stereocenters. The smallest absolute Gasteiger partial charge is 0.333 e. The minimum Gasteiger partial charge on any atom is -0.455 e. The molecule has 16 rings (SSSR count). The highest BCUT2D eigenvalue weighted by molar-refractivity contribution is 6.94. The fourth-order valence-corrected chi connectivity index (χ4v) is 14.0. The summed E-state index contributed by atoms with van der Waals surface area (Å²) < 4.78 is 14.4. The molecule has 11 aromatic rings. The molecule has 5 heteroatoms. The SMILES string of the molecule is CC1(C)CCC(C)(C)c2cc(N3B4c5cccc6c5N(c5ccccc5C65c6ccccc6-c6ccccc65)c5cc6c(oc7ccccc76)c(c54)-c4c3ccc3c4oc4ccccc43)ccc21. The molecule has 322 valence electrons. The van der Waals surface area contributed by atoms with Crippen LogP contribution in [0.1, 0.15) is 73.9 Å². The third-order valence-electron chi connectivity index (χ3n) is 17.1. The summed E-state index contributed by atoms with van der Waals surface area (Å²) in [7, 11) is 0. The van der Waals surface area contributed by atoms with Crippen LogP contribution < -0.4 is 20.6 Å². The van der Waals surface area contributed by atoms with Gasteiger partial charge in [0, 0.05) is 49.9 Å². The second-order valence-corrected chi connectivity index (χ2v) is 21.3. The minimum absolute atomic E-state index is 0.0142. The minimum atomic E-state index is -0.544. The monoisotopic (exact) mass is 872 g/mol. The van der Waals surface area contributed by atoms with Gasteiger partial charge in [0.1, 0.15) is 22.3 Å². The fourth-order valence-electron chi connectivity index (χ4n) is 14.0. The van der Waals surface area contributed by atoms with E-state index >= 15 is 0 Å². The van der Waals surface area contributed by atoms with Gasteiger partial charge < -0.3 is 18.5 Å². The normalized spacial score (nSPS) is 17.0. The molecule has 0 atom stereocenters. The van der Waals surface area contributed by atoms with Crippen molar-refractivity contribution in [2.45, 2.75) is 56.8 Å². The molecular weight excluding hydrogens is 828 g/mol. The van der Waals surface area contributed by atoms with E-state index < -0.39 is 5.41 Å². The zero-order valence-electron chi connectivity index (χ0n) is 38.4. The molecule has 0 saturated carbocycles. The van der Waals surface area contributed by atoms with Crippen LogP contribution in [0, 0.1) is 0 Å². The molecule has 3 aliphatic heterocycles. The van der Waals surface area contributed by atoms with Crippen molar-refractivity contribution >= 4 is 90.1 Å². The van der Waals surface area contributed by atoms with E-state index in [9.17, 15) is 0 Å². The van der Waals surface area contributed by atoms with Crippen molar-refractivity contribution in [2.24, 2.45) is 0 Å². The summed E-state index contributed by atoms with van der Waals surface area (Å²) in [5.74, 6) is 0. The average Bonchev–Trinajstić information content (AvgIpc) is 4.03. The lowest BCUT2D eigenvalue weighted by molar-refractivity contribution is 0.332. The number of furan rings is 2. The third-order valence-corrected chi connectivity index (χ3v) is 17.1. The third kappa shape index (κ3) is 4.32. The predicted molar refractivity (Wildman–Crippen MR) is 281 cm³/mol. The Morgan fingerprint density at radius 3 is 1.78 bits per heavy atom. The highest BCUT2D eigenvalue weighted by Gasteiger charge is 2.56. The molecule has 9 aromatic carbocycles. The van der Waals surface area contributed by atoms with E-state index in [0.717, 1.165) is 73.5 Å². The number of benzene rings is 9. The number of para-hydroxylation sites is 4. The van der Waals surface area contributed by atoms with Gasteiger partial charge >= 0.3 is 6.85 Å². The topological polar surface area (TPSA) is 32.8 Å². The summed E-state index contributed by atoms with van der Waals surface area (Å²) in [5, 5.41) is 4.44. The van der Waals surface area contributed by atoms with Crippen LogP contribution in [0.5, 0.6) is 0 Å². The quantitative estimate of drug-likeness (QED) is 0.154. The Labute approximate surface area is 395 Å². The Kier molecular flexibility index (Phi) is 6.82. The van der Waals surface area contributed by atoms with Crippen molar-refractivity contribution in [2.75, 3.05) is 9.71 Å². The first kappa shape index (κ1) is 37.3. The molecule has 4 nitrogen and oxygen atoms in total. The molecule has 0 saturated heterocycles. The fraction of sp³-hybridized carbons (Fsp3) is 0.143. The molecule has 0 radical (unpaired) electrons. The van der Waals surface area contributed by atoms with Crippen molar-refractivity contribution < 1.29 is 8.83 Å². The Balaban J connectivity index is 1.10. The van der Waals surface area contributed by atoms with Gasteiger partial charge in [-0.05, 0) is 128 Å². The van der Waals surface area contributed by atoms with Gasteiger partial charge in [-0.15, -0.1) is 0 Å². The first-order valence-corrected chi connectivity index (χ1v) is 24.3. The summed E-state index contributed by atoms with van der Waals surface area (Å²) in [4.78, 5) is 5.31. The first-order valence-electron chi connectivity index (χ1n) is 24.3. The van der Waals surface area contributed by atoms with Crippen molar-refractivity contribution in [1.82, 2.24) is 0 Å². The summed E-state index contributed by atoms with van der Waals surface area (Å²) in [6.45, 7) is 9.52. The standard InChI is InChI=1S/C63H45BN2O2/c1-61(2)32-33-62(3,4)48-34-36(28-30-45(48)61)66-51-31-29-41-39-18-7-13-26-53(39)67-59(41)55(51)56-57-52(35-42-40-19-8-14-27-54(40)68-60(42)56)65-50-25-12-11-22-46(50)63(47-23-15-24-49(58(47)65)64(57)66)43-20-9-5-16-37(43)38-17-6-10-21-44(38)63/h5-31,34-35H,32-33H2,1-4H3. The van der Waals surface area contributed by atoms with Crippen LogP contribution in [0.3, 0.4) is 0 Å². The maximum Gasteiger partial charge on any atom is 0.333 e. The number of hydrogen-bond donors (Lipinski definition) is 0. The molecule has 0 N–H and O–H groups in total. The number of nitrogens with zero attached hydrogens (tertiary/aromatic N) is 2. The average molecular weight is 873 g/mol.